The lowest BCUT2D eigenvalue weighted by atomic mass is 10.1. The molecule has 0 amide bonds. The lowest BCUT2D eigenvalue weighted by Gasteiger charge is -2.45. The topological polar surface area (TPSA) is 6.48 Å². The van der Waals surface area contributed by atoms with Crippen molar-refractivity contribution in [3.05, 3.63) is 70.4 Å². The molecular formula is C21H26ClN2Si. The molecule has 2 aromatic rings. The van der Waals surface area contributed by atoms with Crippen molar-refractivity contribution in [2.75, 3.05) is 9.13 Å². The molecule has 1 unspecified atom stereocenters. The quantitative estimate of drug-likeness (QED) is 0.490. The number of rotatable bonds is 2. The monoisotopic (exact) mass is 369 g/mol. The van der Waals surface area contributed by atoms with Crippen LogP contribution in [0.1, 0.15) is 36.1 Å². The van der Waals surface area contributed by atoms with E-state index < -0.39 is 8.43 Å². The number of aryl methyl sites for hydroxylation is 4. The highest BCUT2D eigenvalue weighted by Gasteiger charge is 2.38. The molecule has 1 aliphatic heterocycles. The molecule has 0 aromatic heterocycles. The molecule has 0 saturated carbocycles. The first kappa shape index (κ1) is 18.1. The standard InChI is InChI=1S/C21H26ClN2Si/c1-14-9-7-10-15(2)20(14)23-18(5)13-19(6)24(25(23)22)21-16(3)11-8-12-17(21)4/h7-13,18H,1-6H3. The molecule has 2 aromatic carbocycles. The summed E-state index contributed by atoms with van der Waals surface area (Å²) in [5.41, 5.74) is 8.88. The van der Waals surface area contributed by atoms with Crippen molar-refractivity contribution in [2.45, 2.75) is 47.6 Å². The second-order valence-electron chi connectivity index (χ2n) is 7.00. The first-order chi connectivity index (χ1) is 11.8. The maximum Gasteiger partial charge on any atom is 0.419 e. The molecule has 131 valence electrons. The average Bonchev–Trinajstić information content (AvgIpc) is 2.52. The summed E-state index contributed by atoms with van der Waals surface area (Å²) in [5.74, 6) is 0. The van der Waals surface area contributed by atoms with Gasteiger partial charge in [0.15, 0.2) is 0 Å². The van der Waals surface area contributed by atoms with E-state index in [1.165, 1.54) is 39.3 Å². The van der Waals surface area contributed by atoms with Crippen molar-refractivity contribution in [2.24, 2.45) is 0 Å². The fraction of sp³-hybridized carbons (Fsp3) is 0.333. The Labute approximate surface area is 158 Å². The van der Waals surface area contributed by atoms with Crippen molar-refractivity contribution in [1.82, 2.24) is 0 Å². The number of allylic oxidation sites excluding steroid dienone is 1. The highest BCUT2D eigenvalue weighted by Crippen LogP contribution is 2.38. The Morgan fingerprint density at radius 2 is 1.24 bits per heavy atom. The largest absolute Gasteiger partial charge is 0.419 e. The molecule has 1 heterocycles. The van der Waals surface area contributed by atoms with Crippen LogP contribution in [-0.4, -0.2) is 14.5 Å². The van der Waals surface area contributed by atoms with Gasteiger partial charge >= 0.3 is 8.43 Å². The van der Waals surface area contributed by atoms with Gasteiger partial charge in [0.25, 0.3) is 0 Å². The molecule has 1 atom stereocenters. The summed E-state index contributed by atoms with van der Waals surface area (Å²) in [7, 11) is -1.49. The molecule has 1 radical (unpaired) electrons. The fourth-order valence-electron chi connectivity index (χ4n) is 3.83. The number of hydrogen-bond acceptors (Lipinski definition) is 2. The maximum atomic E-state index is 7.21. The van der Waals surface area contributed by atoms with Gasteiger partial charge in [-0.1, -0.05) is 36.4 Å². The number of anilines is 2. The molecule has 2 nitrogen and oxygen atoms in total. The van der Waals surface area contributed by atoms with E-state index >= 15 is 0 Å². The number of para-hydroxylation sites is 2. The van der Waals surface area contributed by atoms with Crippen LogP contribution in [0.15, 0.2) is 48.2 Å². The summed E-state index contributed by atoms with van der Waals surface area (Å²) < 4.78 is 4.79. The summed E-state index contributed by atoms with van der Waals surface area (Å²) in [4.78, 5) is 0. The molecule has 4 heteroatoms. The van der Waals surface area contributed by atoms with Gasteiger partial charge in [0.1, 0.15) is 0 Å². The molecule has 25 heavy (non-hydrogen) atoms. The molecule has 0 spiro atoms. The molecule has 3 rings (SSSR count). The molecule has 0 saturated heterocycles. The van der Waals surface area contributed by atoms with Crippen LogP contribution < -0.4 is 9.13 Å². The minimum absolute atomic E-state index is 0.284. The van der Waals surface area contributed by atoms with Gasteiger partial charge in [0.05, 0.1) is 0 Å². The van der Waals surface area contributed by atoms with Gasteiger partial charge in [-0.25, -0.2) is 0 Å². The van der Waals surface area contributed by atoms with Gasteiger partial charge in [0, 0.05) is 23.1 Å². The summed E-state index contributed by atoms with van der Waals surface area (Å²) >= 11 is 7.21. The minimum Gasteiger partial charge on any atom is -0.361 e. The van der Waals surface area contributed by atoms with Crippen LogP contribution in [0.3, 0.4) is 0 Å². The third-order valence-electron chi connectivity index (χ3n) is 4.97. The highest BCUT2D eigenvalue weighted by atomic mass is 35.6. The van der Waals surface area contributed by atoms with Gasteiger partial charge in [-0.15, -0.1) is 11.1 Å². The van der Waals surface area contributed by atoms with Gasteiger partial charge < -0.3 is 9.13 Å². The lowest BCUT2D eigenvalue weighted by Crippen LogP contribution is -2.56. The summed E-state index contributed by atoms with van der Waals surface area (Å²) in [6.45, 7) is 13.1. The fourth-order valence-corrected chi connectivity index (χ4v) is 7.26. The van der Waals surface area contributed by atoms with Gasteiger partial charge in [-0.3, -0.25) is 0 Å². The molecule has 1 aliphatic rings. The zero-order chi connectivity index (χ0) is 18.3. The first-order valence-corrected chi connectivity index (χ1v) is 11.2. The third-order valence-corrected chi connectivity index (χ3v) is 8.00. The molecule has 0 fully saturated rings. The predicted octanol–water partition coefficient (Wildman–Crippen LogP) is 5.76. The Morgan fingerprint density at radius 1 is 0.800 bits per heavy atom. The summed E-state index contributed by atoms with van der Waals surface area (Å²) in [6.07, 6.45) is 2.33. The second kappa shape index (κ2) is 6.89. The van der Waals surface area contributed by atoms with Crippen molar-refractivity contribution in [1.29, 1.82) is 0 Å². The van der Waals surface area contributed by atoms with Gasteiger partial charge in [-0.05, 0) is 69.9 Å². The van der Waals surface area contributed by atoms with Crippen LogP contribution >= 0.6 is 11.1 Å². The van der Waals surface area contributed by atoms with Crippen LogP contribution in [-0.2, 0) is 0 Å². The van der Waals surface area contributed by atoms with Crippen LogP contribution in [0.25, 0.3) is 0 Å². The van der Waals surface area contributed by atoms with Crippen LogP contribution in [0, 0.1) is 27.7 Å². The second-order valence-corrected chi connectivity index (χ2v) is 9.49. The lowest BCUT2D eigenvalue weighted by molar-refractivity contribution is 0.853. The number of halogens is 1. The van der Waals surface area contributed by atoms with Crippen molar-refractivity contribution in [3.63, 3.8) is 0 Å². The Bertz CT molecular complexity index is 790. The Balaban J connectivity index is 2.16. The highest BCUT2D eigenvalue weighted by molar-refractivity contribution is 7.11. The minimum atomic E-state index is -1.49. The Hall–Kier alpha value is -1.71. The van der Waals surface area contributed by atoms with E-state index in [4.69, 9.17) is 11.1 Å². The zero-order valence-electron chi connectivity index (χ0n) is 15.9. The normalized spacial score (nSPS) is 18.5. The van der Waals surface area contributed by atoms with Crippen LogP contribution in [0.5, 0.6) is 0 Å². The SMILES string of the molecule is CC1=CC(C)N(c2c(C)cccc2C)[Si](Cl)N1c1c(C)cccc1C. The van der Waals surface area contributed by atoms with E-state index in [0.717, 1.165) is 0 Å². The Kier molecular flexibility index (Phi) is 4.98. The first-order valence-electron chi connectivity index (χ1n) is 8.75. The van der Waals surface area contributed by atoms with Crippen molar-refractivity contribution in [3.8, 4) is 0 Å². The summed E-state index contributed by atoms with van der Waals surface area (Å²) in [6, 6.07) is 13.2. The van der Waals surface area contributed by atoms with Crippen molar-refractivity contribution < 1.29 is 0 Å². The molecule has 0 bridgehead atoms. The number of benzene rings is 2. The zero-order valence-corrected chi connectivity index (χ0v) is 17.6. The van der Waals surface area contributed by atoms with Gasteiger partial charge in [0.2, 0.25) is 0 Å². The van der Waals surface area contributed by atoms with E-state index in [1.807, 2.05) is 0 Å². The Morgan fingerprint density at radius 3 is 1.72 bits per heavy atom. The molecule has 0 aliphatic carbocycles. The predicted molar refractivity (Wildman–Crippen MR) is 112 cm³/mol. The van der Waals surface area contributed by atoms with E-state index in [9.17, 15) is 0 Å². The van der Waals surface area contributed by atoms with Gasteiger partial charge in [-0.2, -0.15) is 0 Å². The number of hydrogen-bond donors (Lipinski definition) is 0. The number of nitrogens with zero attached hydrogens (tertiary/aromatic N) is 2. The maximum absolute atomic E-state index is 7.21. The third kappa shape index (κ3) is 3.11. The smallest absolute Gasteiger partial charge is 0.361 e. The molecular weight excluding hydrogens is 344 g/mol. The van der Waals surface area contributed by atoms with E-state index in [0.29, 0.717) is 0 Å². The van der Waals surface area contributed by atoms with Crippen LogP contribution in [0.4, 0.5) is 11.4 Å². The average molecular weight is 370 g/mol. The van der Waals surface area contributed by atoms with Crippen LogP contribution in [0.2, 0.25) is 0 Å². The van der Waals surface area contributed by atoms with E-state index in [1.54, 1.807) is 0 Å². The summed E-state index contributed by atoms with van der Waals surface area (Å²) in [5, 5.41) is 0. The van der Waals surface area contributed by atoms with E-state index in [2.05, 4.69) is 93.1 Å². The van der Waals surface area contributed by atoms with E-state index in [-0.39, 0.29) is 6.04 Å². The van der Waals surface area contributed by atoms with Crippen molar-refractivity contribution >= 4 is 30.9 Å². The molecule has 0 N–H and O–H groups in total.